The van der Waals surface area contributed by atoms with Gasteiger partial charge in [-0.25, -0.2) is 4.39 Å². The van der Waals surface area contributed by atoms with Gasteiger partial charge in [0, 0.05) is 18.2 Å². The van der Waals surface area contributed by atoms with Gasteiger partial charge in [0.1, 0.15) is 23.4 Å². The van der Waals surface area contributed by atoms with Gasteiger partial charge in [0.05, 0.1) is 7.11 Å². The van der Waals surface area contributed by atoms with E-state index in [9.17, 15) is 4.39 Å². The first-order valence-electron chi connectivity index (χ1n) is 6.00. The van der Waals surface area contributed by atoms with Crippen LogP contribution in [0.15, 0.2) is 48.5 Å². The number of hydrogen-bond donors (Lipinski definition) is 1. The lowest BCUT2D eigenvalue weighted by atomic mass is 10.1. The molecule has 1 atom stereocenters. The third-order valence-electron chi connectivity index (χ3n) is 2.77. The van der Waals surface area contributed by atoms with Gasteiger partial charge in [0.2, 0.25) is 0 Å². The number of rotatable bonds is 5. The maximum absolute atomic E-state index is 13.1. The summed E-state index contributed by atoms with van der Waals surface area (Å²) in [5, 5.41) is 0. The first-order valence-corrected chi connectivity index (χ1v) is 6.00. The lowest BCUT2D eigenvalue weighted by molar-refractivity contribution is 0.208. The third-order valence-corrected chi connectivity index (χ3v) is 2.77. The van der Waals surface area contributed by atoms with Crippen molar-refractivity contribution in [2.75, 3.05) is 13.7 Å². The monoisotopic (exact) mass is 261 g/mol. The van der Waals surface area contributed by atoms with Gasteiger partial charge in [-0.1, -0.05) is 24.3 Å². The smallest absolute Gasteiger partial charge is 0.139 e. The number of methoxy groups -OCH3 is 1. The van der Waals surface area contributed by atoms with E-state index in [-0.39, 0.29) is 18.5 Å². The van der Waals surface area contributed by atoms with Crippen molar-refractivity contribution in [1.29, 1.82) is 0 Å². The molecule has 0 heterocycles. The van der Waals surface area contributed by atoms with Gasteiger partial charge in [-0.2, -0.15) is 0 Å². The van der Waals surface area contributed by atoms with Crippen LogP contribution in [-0.4, -0.2) is 13.7 Å². The molecule has 2 rings (SSSR count). The molecule has 0 aliphatic carbocycles. The minimum absolute atomic E-state index is 0.275. The Bertz CT molecular complexity index is 545. The summed E-state index contributed by atoms with van der Waals surface area (Å²) in [7, 11) is 1.59. The van der Waals surface area contributed by atoms with Crippen molar-refractivity contribution in [3.8, 4) is 11.5 Å². The normalized spacial score (nSPS) is 11.9. The molecule has 0 amide bonds. The summed E-state index contributed by atoms with van der Waals surface area (Å²) in [4.78, 5) is 0. The van der Waals surface area contributed by atoms with Crippen LogP contribution < -0.4 is 15.2 Å². The fourth-order valence-corrected chi connectivity index (χ4v) is 1.88. The van der Waals surface area contributed by atoms with Crippen LogP contribution in [0.5, 0.6) is 11.5 Å². The summed E-state index contributed by atoms with van der Waals surface area (Å²) in [6, 6.07) is 13.5. The molecule has 2 aromatic carbocycles. The van der Waals surface area contributed by atoms with Crippen molar-refractivity contribution in [3.05, 3.63) is 59.9 Å². The summed E-state index contributed by atoms with van der Waals surface area (Å²) in [5.41, 5.74) is 6.58. The molecule has 0 saturated carbocycles. The fraction of sp³-hybridized carbons (Fsp3) is 0.200. The second-order valence-corrected chi connectivity index (χ2v) is 4.04. The molecule has 3 nitrogen and oxygen atoms in total. The zero-order chi connectivity index (χ0) is 13.7. The highest BCUT2D eigenvalue weighted by Crippen LogP contribution is 2.28. The number of halogens is 1. The molecule has 0 radical (unpaired) electrons. The largest absolute Gasteiger partial charge is 0.496 e. The van der Waals surface area contributed by atoms with Crippen molar-refractivity contribution in [2.24, 2.45) is 5.73 Å². The van der Waals surface area contributed by atoms with Gasteiger partial charge in [0.25, 0.3) is 0 Å². The maximum Gasteiger partial charge on any atom is 0.139 e. The summed E-state index contributed by atoms with van der Waals surface area (Å²) in [6.07, 6.45) is -0.377. The highest BCUT2D eigenvalue weighted by Gasteiger charge is 2.16. The first-order chi connectivity index (χ1) is 9.24. The summed E-state index contributed by atoms with van der Waals surface area (Å²) >= 11 is 0. The van der Waals surface area contributed by atoms with Crippen molar-refractivity contribution in [3.63, 3.8) is 0 Å². The molecular weight excluding hydrogens is 245 g/mol. The lowest BCUT2D eigenvalue weighted by Crippen LogP contribution is -2.19. The average molecular weight is 261 g/mol. The second kappa shape index (κ2) is 6.20. The number of nitrogens with two attached hydrogens (primary N) is 1. The topological polar surface area (TPSA) is 44.5 Å². The zero-order valence-electron chi connectivity index (χ0n) is 10.7. The highest BCUT2D eigenvalue weighted by molar-refractivity contribution is 5.36. The van der Waals surface area contributed by atoms with Crippen LogP contribution in [-0.2, 0) is 0 Å². The van der Waals surface area contributed by atoms with Crippen LogP contribution in [0, 0.1) is 5.82 Å². The van der Waals surface area contributed by atoms with Gasteiger partial charge >= 0.3 is 0 Å². The van der Waals surface area contributed by atoms with E-state index in [2.05, 4.69) is 0 Å². The Balaban J connectivity index is 2.25. The van der Waals surface area contributed by atoms with Crippen molar-refractivity contribution in [1.82, 2.24) is 0 Å². The number of hydrogen-bond acceptors (Lipinski definition) is 3. The number of ether oxygens (including phenoxy) is 2. The standard InChI is InChI=1S/C15H16FNO2/c1-18-14-8-3-2-7-13(14)15(10-17)19-12-6-4-5-11(16)9-12/h2-9,15H,10,17H2,1H3. The Labute approximate surface area is 111 Å². The van der Waals surface area contributed by atoms with E-state index in [1.165, 1.54) is 12.1 Å². The van der Waals surface area contributed by atoms with Gasteiger partial charge in [0.15, 0.2) is 0 Å². The molecule has 100 valence electrons. The van der Waals surface area contributed by atoms with Crippen LogP contribution in [0.25, 0.3) is 0 Å². The quantitative estimate of drug-likeness (QED) is 0.900. The van der Waals surface area contributed by atoms with Crippen LogP contribution in [0.2, 0.25) is 0 Å². The van der Waals surface area contributed by atoms with E-state index in [4.69, 9.17) is 15.2 Å². The van der Waals surface area contributed by atoms with Gasteiger partial charge in [-0.15, -0.1) is 0 Å². The van der Waals surface area contributed by atoms with E-state index < -0.39 is 0 Å². The van der Waals surface area contributed by atoms with Crippen LogP contribution >= 0.6 is 0 Å². The molecule has 0 fully saturated rings. The van der Waals surface area contributed by atoms with Crippen LogP contribution in [0.3, 0.4) is 0 Å². The molecule has 2 aromatic rings. The van der Waals surface area contributed by atoms with Gasteiger partial charge in [-0.3, -0.25) is 0 Å². The van der Waals surface area contributed by atoms with E-state index in [1.807, 2.05) is 24.3 Å². The fourth-order valence-electron chi connectivity index (χ4n) is 1.88. The number of para-hydroxylation sites is 1. The van der Waals surface area contributed by atoms with Gasteiger partial charge < -0.3 is 15.2 Å². The predicted octanol–water partition coefficient (Wildman–Crippen LogP) is 2.91. The maximum atomic E-state index is 13.1. The SMILES string of the molecule is COc1ccccc1C(CN)Oc1cccc(F)c1. The molecule has 1 unspecified atom stereocenters. The van der Waals surface area contributed by atoms with E-state index in [0.717, 1.165) is 5.56 Å². The van der Waals surface area contributed by atoms with E-state index >= 15 is 0 Å². The van der Waals surface area contributed by atoms with Crippen molar-refractivity contribution in [2.45, 2.75) is 6.10 Å². The molecule has 0 aliphatic heterocycles. The van der Waals surface area contributed by atoms with E-state index in [0.29, 0.717) is 11.5 Å². The Hall–Kier alpha value is -2.07. The molecule has 0 spiro atoms. The Morgan fingerprint density at radius 3 is 2.63 bits per heavy atom. The molecule has 0 aromatic heterocycles. The lowest BCUT2D eigenvalue weighted by Gasteiger charge is -2.20. The predicted molar refractivity (Wildman–Crippen MR) is 71.8 cm³/mol. The van der Waals surface area contributed by atoms with Gasteiger partial charge in [-0.05, 0) is 18.2 Å². The molecule has 2 N–H and O–H groups in total. The van der Waals surface area contributed by atoms with Crippen molar-refractivity contribution < 1.29 is 13.9 Å². The minimum atomic E-state index is -0.377. The molecule has 0 saturated heterocycles. The van der Waals surface area contributed by atoms with Crippen molar-refractivity contribution >= 4 is 0 Å². The second-order valence-electron chi connectivity index (χ2n) is 4.04. The Morgan fingerprint density at radius 2 is 1.95 bits per heavy atom. The third kappa shape index (κ3) is 3.23. The number of benzene rings is 2. The molecular formula is C15H16FNO2. The average Bonchev–Trinajstić information content (AvgIpc) is 2.45. The van der Waals surface area contributed by atoms with E-state index in [1.54, 1.807) is 19.2 Å². The minimum Gasteiger partial charge on any atom is -0.496 e. The molecule has 4 heteroatoms. The summed E-state index contributed by atoms with van der Waals surface area (Å²) < 4.78 is 24.1. The Morgan fingerprint density at radius 1 is 1.16 bits per heavy atom. The first kappa shape index (κ1) is 13.4. The Kier molecular flexibility index (Phi) is 4.36. The summed E-state index contributed by atoms with van der Waals surface area (Å²) in [6.45, 7) is 0.275. The molecule has 0 aliphatic rings. The summed E-state index contributed by atoms with van der Waals surface area (Å²) in [5.74, 6) is 0.809. The van der Waals surface area contributed by atoms with Crippen LogP contribution in [0.4, 0.5) is 4.39 Å². The zero-order valence-corrected chi connectivity index (χ0v) is 10.7. The van der Waals surface area contributed by atoms with Crippen LogP contribution in [0.1, 0.15) is 11.7 Å². The molecule has 19 heavy (non-hydrogen) atoms. The highest BCUT2D eigenvalue weighted by atomic mass is 19.1. The molecule has 0 bridgehead atoms.